The third-order valence-electron chi connectivity index (χ3n) is 4.04. The number of nitrogens with zero attached hydrogens (tertiary/aromatic N) is 1. The molecule has 1 saturated carbocycles. The highest BCUT2D eigenvalue weighted by molar-refractivity contribution is 7.80. The van der Waals surface area contributed by atoms with Crippen molar-refractivity contribution in [2.75, 3.05) is 12.4 Å². The van der Waals surface area contributed by atoms with E-state index in [-0.39, 0.29) is 5.41 Å². The Balaban J connectivity index is 2.05. The van der Waals surface area contributed by atoms with Crippen LogP contribution in [0, 0.1) is 16.7 Å². The summed E-state index contributed by atoms with van der Waals surface area (Å²) in [5.41, 5.74) is 0.799. The molecule has 1 aromatic carbocycles. The van der Waals surface area contributed by atoms with Crippen LogP contribution in [0.15, 0.2) is 24.3 Å². The molecule has 1 aromatic rings. The summed E-state index contributed by atoms with van der Waals surface area (Å²) in [5, 5.41) is 9.08. The van der Waals surface area contributed by atoms with E-state index in [1.807, 2.05) is 18.2 Å². The van der Waals surface area contributed by atoms with Crippen LogP contribution in [-0.4, -0.2) is 12.4 Å². The van der Waals surface area contributed by atoms with Crippen LogP contribution in [0.5, 0.6) is 5.75 Å². The first-order valence-corrected chi connectivity index (χ1v) is 7.66. The zero-order chi connectivity index (χ0) is 13.6. The maximum Gasteiger partial charge on any atom is 0.137 e. The second-order valence-corrected chi connectivity index (χ2v) is 5.79. The van der Waals surface area contributed by atoms with Crippen LogP contribution in [0.25, 0.3) is 0 Å². The minimum Gasteiger partial charge on any atom is -0.492 e. The van der Waals surface area contributed by atoms with E-state index in [1.54, 1.807) is 6.07 Å². The lowest BCUT2D eigenvalue weighted by Gasteiger charge is -2.31. The number of para-hydroxylation sites is 1. The van der Waals surface area contributed by atoms with Crippen molar-refractivity contribution in [1.29, 1.82) is 5.26 Å². The molecule has 0 radical (unpaired) electrons. The van der Waals surface area contributed by atoms with Gasteiger partial charge in [-0.15, -0.1) is 0 Å². The van der Waals surface area contributed by atoms with Gasteiger partial charge in [0.2, 0.25) is 0 Å². The predicted molar refractivity (Wildman–Crippen MR) is 80.6 cm³/mol. The largest absolute Gasteiger partial charge is 0.492 e. The number of hydrogen-bond donors (Lipinski definition) is 1. The van der Waals surface area contributed by atoms with E-state index in [1.165, 1.54) is 38.5 Å². The van der Waals surface area contributed by atoms with Crippen LogP contribution in [0.3, 0.4) is 0 Å². The molecule has 0 N–H and O–H groups in total. The number of nitriles is 1. The lowest BCUT2D eigenvalue weighted by Crippen LogP contribution is -2.30. The van der Waals surface area contributed by atoms with Gasteiger partial charge < -0.3 is 4.74 Å². The van der Waals surface area contributed by atoms with Gasteiger partial charge in [-0.1, -0.05) is 37.8 Å². The Morgan fingerprint density at radius 2 is 1.84 bits per heavy atom. The minimum absolute atomic E-state index is 0.183. The molecule has 1 aliphatic rings. The summed E-state index contributed by atoms with van der Waals surface area (Å²) < 4.78 is 5.95. The first-order chi connectivity index (χ1) is 9.29. The molecule has 2 rings (SSSR count). The normalized spacial score (nSPS) is 18.3. The Bertz CT molecular complexity index is 444. The van der Waals surface area contributed by atoms with E-state index in [0.29, 0.717) is 17.9 Å². The van der Waals surface area contributed by atoms with Gasteiger partial charge in [0.15, 0.2) is 0 Å². The van der Waals surface area contributed by atoms with E-state index in [9.17, 15) is 0 Å². The van der Waals surface area contributed by atoms with E-state index in [4.69, 9.17) is 10.00 Å². The van der Waals surface area contributed by atoms with Crippen molar-refractivity contribution >= 4 is 12.6 Å². The van der Waals surface area contributed by atoms with Crippen LogP contribution in [0.2, 0.25) is 0 Å². The lowest BCUT2D eigenvalue weighted by molar-refractivity contribution is 0.148. The maximum absolute atomic E-state index is 9.08. The lowest BCUT2D eigenvalue weighted by atomic mass is 9.83. The van der Waals surface area contributed by atoms with Gasteiger partial charge in [0.25, 0.3) is 0 Å². The van der Waals surface area contributed by atoms with Gasteiger partial charge in [-0.3, -0.25) is 0 Å². The number of rotatable bonds is 4. The molecular weight excluding hydrogens is 254 g/mol. The van der Waals surface area contributed by atoms with Crippen molar-refractivity contribution in [2.45, 2.75) is 38.5 Å². The summed E-state index contributed by atoms with van der Waals surface area (Å²) in [7, 11) is 0. The zero-order valence-corrected chi connectivity index (χ0v) is 12.2. The summed E-state index contributed by atoms with van der Waals surface area (Å²) in [4.78, 5) is 0. The van der Waals surface area contributed by atoms with Gasteiger partial charge in [0, 0.05) is 5.41 Å². The Labute approximate surface area is 121 Å². The molecule has 1 aliphatic carbocycles. The highest BCUT2D eigenvalue weighted by atomic mass is 32.1. The van der Waals surface area contributed by atoms with Gasteiger partial charge >= 0.3 is 0 Å². The van der Waals surface area contributed by atoms with Crippen LogP contribution in [-0.2, 0) is 0 Å². The Kier molecular flexibility index (Phi) is 5.15. The average Bonchev–Trinajstić information content (AvgIpc) is 2.71. The van der Waals surface area contributed by atoms with Crippen LogP contribution in [0.1, 0.15) is 44.1 Å². The van der Waals surface area contributed by atoms with Crippen molar-refractivity contribution in [2.24, 2.45) is 5.41 Å². The Hall–Kier alpha value is -1.14. The molecule has 0 aromatic heterocycles. The predicted octanol–water partition coefficient (Wildman–Crippen LogP) is 4.21. The zero-order valence-electron chi connectivity index (χ0n) is 11.3. The topological polar surface area (TPSA) is 33.0 Å². The van der Waals surface area contributed by atoms with Crippen molar-refractivity contribution in [3.05, 3.63) is 29.8 Å². The molecule has 0 atom stereocenters. The molecule has 0 amide bonds. The number of thiol groups is 1. The molecule has 0 unspecified atom stereocenters. The molecular formula is C16H21NOS. The van der Waals surface area contributed by atoms with Crippen LogP contribution < -0.4 is 4.74 Å². The summed E-state index contributed by atoms with van der Waals surface area (Å²) in [6.07, 6.45) is 7.55. The smallest absolute Gasteiger partial charge is 0.137 e. The first kappa shape index (κ1) is 14.3. The van der Waals surface area contributed by atoms with Crippen LogP contribution in [0.4, 0.5) is 0 Å². The van der Waals surface area contributed by atoms with E-state index >= 15 is 0 Å². The quantitative estimate of drug-likeness (QED) is 0.659. The Morgan fingerprint density at radius 1 is 1.16 bits per heavy atom. The third kappa shape index (κ3) is 3.67. The molecule has 0 spiro atoms. The van der Waals surface area contributed by atoms with Crippen molar-refractivity contribution in [1.82, 2.24) is 0 Å². The Morgan fingerprint density at radius 3 is 2.47 bits per heavy atom. The van der Waals surface area contributed by atoms with Gasteiger partial charge in [0.1, 0.15) is 11.8 Å². The third-order valence-corrected chi connectivity index (χ3v) is 4.71. The molecule has 0 heterocycles. The van der Waals surface area contributed by atoms with Gasteiger partial charge in [0.05, 0.1) is 12.2 Å². The van der Waals surface area contributed by atoms with Crippen molar-refractivity contribution in [3.8, 4) is 11.8 Å². The van der Waals surface area contributed by atoms with E-state index in [2.05, 4.69) is 18.7 Å². The summed E-state index contributed by atoms with van der Waals surface area (Å²) >= 11 is 4.55. The number of hydrogen-bond acceptors (Lipinski definition) is 3. The summed E-state index contributed by atoms with van der Waals surface area (Å²) in [6.45, 7) is 0.676. The molecule has 102 valence electrons. The molecule has 0 saturated heterocycles. The number of benzene rings is 1. The van der Waals surface area contributed by atoms with Crippen LogP contribution >= 0.6 is 12.6 Å². The molecule has 3 heteroatoms. The second kappa shape index (κ2) is 6.86. The second-order valence-electron chi connectivity index (χ2n) is 5.47. The van der Waals surface area contributed by atoms with Gasteiger partial charge in [-0.2, -0.15) is 17.9 Å². The molecule has 2 nitrogen and oxygen atoms in total. The SMILES string of the molecule is N#Cc1ccccc1OCC1(CS)CCCCCC1. The standard InChI is InChI=1S/C16H21NOS/c17-11-14-7-3-4-8-15(14)18-12-16(13-19)9-5-1-2-6-10-16/h3-4,7-8,19H,1-2,5-6,9-10,12-13H2. The maximum atomic E-state index is 9.08. The highest BCUT2D eigenvalue weighted by Crippen LogP contribution is 2.36. The van der Waals surface area contributed by atoms with E-state index in [0.717, 1.165) is 5.75 Å². The average molecular weight is 275 g/mol. The van der Waals surface area contributed by atoms with E-state index < -0.39 is 0 Å². The van der Waals surface area contributed by atoms with Crippen molar-refractivity contribution in [3.63, 3.8) is 0 Å². The van der Waals surface area contributed by atoms with Gasteiger partial charge in [-0.25, -0.2) is 0 Å². The fraction of sp³-hybridized carbons (Fsp3) is 0.562. The number of ether oxygens (including phenoxy) is 1. The molecule has 1 fully saturated rings. The fourth-order valence-corrected chi connectivity index (χ4v) is 3.15. The summed E-state index contributed by atoms with van der Waals surface area (Å²) in [6, 6.07) is 9.64. The molecule has 0 bridgehead atoms. The first-order valence-electron chi connectivity index (χ1n) is 7.02. The summed E-state index contributed by atoms with van der Waals surface area (Å²) in [5.74, 6) is 1.57. The van der Waals surface area contributed by atoms with Gasteiger partial charge in [-0.05, 0) is 30.7 Å². The molecule has 0 aliphatic heterocycles. The fourth-order valence-electron chi connectivity index (χ4n) is 2.74. The minimum atomic E-state index is 0.183. The van der Waals surface area contributed by atoms with Crippen molar-refractivity contribution < 1.29 is 4.74 Å². The molecule has 19 heavy (non-hydrogen) atoms. The monoisotopic (exact) mass is 275 g/mol. The highest BCUT2D eigenvalue weighted by Gasteiger charge is 2.30.